The van der Waals surface area contributed by atoms with E-state index in [0.29, 0.717) is 0 Å². The van der Waals surface area contributed by atoms with Crippen LogP contribution in [0.5, 0.6) is 0 Å². The van der Waals surface area contributed by atoms with E-state index in [1.807, 2.05) is 48.5 Å². The van der Waals surface area contributed by atoms with Crippen LogP contribution in [0, 0.1) is 0 Å². The minimum atomic E-state index is -2.87. The van der Waals surface area contributed by atoms with Crippen LogP contribution in [0.25, 0.3) is 0 Å². The second kappa shape index (κ2) is 3.83. The molecule has 2 aromatic rings. The van der Waals surface area contributed by atoms with Gasteiger partial charge in [-0.1, -0.05) is 36.4 Å². The lowest BCUT2D eigenvalue weighted by Crippen LogP contribution is -2.28. The zero-order chi connectivity index (χ0) is 11.9. The van der Waals surface area contributed by atoms with Gasteiger partial charge in [0.1, 0.15) is 0 Å². The summed E-state index contributed by atoms with van der Waals surface area (Å²) in [4.78, 5) is 0. The molecule has 86 valence electrons. The zero-order valence-electron chi connectivity index (χ0n) is 9.59. The van der Waals surface area contributed by atoms with Gasteiger partial charge >= 0.3 is 0 Å². The molecule has 0 spiro atoms. The number of benzene rings is 2. The van der Waals surface area contributed by atoms with Gasteiger partial charge in [-0.25, -0.2) is 0 Å². The Morgan fingerprint density at radius 1 is 0.941 bits per heavy atom. The van der Waals surface area contributed by atoms with Crippen molar-refractivity contribution in [1.82, 2.24) is 0 Å². The van der Waals surface area contributed by atoms with Gasteiger partial charge in [-0.15, -0.1) is 0 Å². The van der Waals surface area contributed by atoms with Crippen LogP contribution in [-0.2, 0) is 15.5 Å². The predicted octanol–water partition coefficient (Wildman–Crippen LogP) is 2.47. The lowest BCUT2D eigenvalue weighted by Gasteiger charge is -2.27. The highest BCUT2D eigenvalue weighted by molar-refractivity contribution is 7.74. The van der Waals surface area contributed by atoms with Crippen molar-refractivity contribution in [3.05, 3.63) is 59.7 Å². The first-order chi connectivity index (χ1) is 8.25. The fourth-order valence-electron chi connectivity index (χ4n) is 2.43. The second-order valence-electron chi connectivity index (χ2n) is 4.17. The molecule has 3 heteroatoms. The Morgan fingerprint density at radius 2 is 1.41 bits per heavy atom. The number of hydrogen-bond donors (Lipinski definition) is 0. The van der Waals surface area contributed by atoms with Crippen LogP contribution in [0.4, 0.5) is 0 Å². The molecule has 0 aliphatic carbocycles. The third-order valence-corrected chi connectivity index (χ3v) is 5.91. The molecule has 0 fully saturated rings. The fourth-order valence-corrected chi connectivity index (χ4v) is 4.71. The number of fused-ring (bicyclic) bond motifs is 2. The first-order valence-electron chi connectivity index (χ1n) is 5.58. The Morgan fingerprint density at radius 3 is 1.88 bits per heavy atom. The highest BCUT2D eigenvalue weighted by atomic mass is 31.2. The molecule has 0 radical (unpaired) electrons. The smallest absolute Gasteiger partial charge is 0.261 e. The molecule has 17 heavy (non-hydrogen) atoms. The van der Waals surface area contributed by atoms with E-state index in [2.05, 4.69) is 0 Å². The van der Waals surface area contributed by atoms with Crippen LogP contribution >= 0.6 is 7.37 Å². The van der Waals surface area contributed by atoms with Crippen LogP contribution < -0.4 is 10.6 Å². The van der Waals surface area contributed by atoms with E-state index in [4.69, 9.17) is 4.52 Å². The van der Waals surface area contributed by atoms with Gasteiger partial charge in [0.15, 0.2) is 0 Å². The van der Waals surface area contributed by atoms with E-state index >= 15 is 0 Å². The summed E-state index contributed by atoms with van der Waals surface area (Å²) in [6.07, 6.45) is 0.833. The van der Waals surface area contributed by atoms with Crippen molar-refractivity contribution in [2.24, 2.45) is 0 Å². The molecular weight excluding hydrogens is 231 g/mol. The van der Waals surface area contributed by atoms with E-state index < -0.39 is 7.37 Å². The molecular formula is C14H13O2P. The molecule has 1 aliphatic rings. The minimum Gasteiger partial charge on any atom is -0.325 e. The van der Waals surface area contributed by atoms with Crippen molar-refractivity contribution in [3.63, 3.8) is 0 Å². The Bertz CT molecular complexity index is 570. The van der Waals surface area contributed by atoms with Crippen LogP contribution in [0.2, 0.25) is 0 Å². The van der Waals surface area contributed by atoms with Gasteiger partial charge in [-0.3, -0.25) is 4.57 Å². The summed E-state index contributed by atoms with van der Waals surface area (Å²) in [5.74, 6) is 0. The lowest BCUT2D eigenvalue weighted by molar-refractivity contribution is 0.411. The van der Waals surface area contributed by atoms with Gasteiger partial charge in [-0.2, -0.15) is 0 Å². The summed E-state index contributed by atoms with van der Waals surface area (Å²) in [5.41, 5.74) is 2.22. The summed E-state index contributed by atoms with van der Waals surface area (Å²) in [6.45, 7) is 0. The molecule has 0 N–H and O–H groups in total. The standard InChI is InChI=1S/C14H13O2P/c1-16-17(15)13-8-4-2-6-11(13)10-12-7-3-5-9-14(12)17/h2-9H,10H2,1H3. The first-order valence-corrected chi connectivity index (χ1v) is 7.21. The van der Waals surface area contributed by atoms with Gasteiger partial charge in [0.2, 0.25) is 0 Å². The average Bonchev–Trinajstić information content (AvgIpc) is 2.39. The third kappa shape index (κ3) is 1.49. The summed E-state index contributed by atoms with van der Waals surface area (Å²) < 4.78 is 18.4. The van der Waals surface area contributed by atoms with Crippen molar-refractivity contribution in [1.29, 1.82) is 0 Å². The Balaban J connectivity index is 2.33. The topological polar surface area (TPSA) is 26.3 Å². The maximum absolute atomic E-state index is 13.0. The van der Waals surface area contributed by atoms with E-state index in [1.165, 1.54) is 7.11 Å². The summed E-state index contributed by atoms with van der Waals surface area (Å²) in [5, 5.41) is 1.70. The third-order valence-electron chi connectivity index (χ3n) is 3.26. The maximum atomic E-state index is 13.0. The van der Waals surface area contributed by atoms with Crippen LogP contribution in [-0.4, -0.2) is 7.11 Å². The Kier molecular flexibility index (Phi) is 2.43. The van der Waals surface area contributed by atoms with E-state index in [1.54, 1.807) is 0 Å². The second-order valence-corrected chi connectivity index (χ2v) is 6.60. The molecule has 2 aromatic carbocycles. The van der Waals surface area contributed by atoms with Gasteiger partial charge in [0.05, 0.1) is 0 Å². The molecule has 0 saturated heterocycles. The molecule has 2 nitrogen and oxygen atoms in total. The fraction of sp³-hybridized carbons (Fsp3) is 0.143. The molecule has 1 aliphatic heterocycles. The molecule has 1 heterocycles. The van der Waals surface area contributed by atoms with Gasteiger partial charge in [0.25, 0.3) is 7.37 Å². The Hall–Kier alpha value is -1.37. The zero-order valence-corrected chi connectivity index (χ0v) is 10.5. The SMILES string of the molecule is COP1(=O)c2ccccc2Cc2ccccc21. The highest BCUT2D eigenvalue weighted by Gasteiger charge is 2.35. The van der Waals surface area contributed by atoms with Crippen LogP contribution in [0.15, 0.2) is 48.5 Å². The minimum absolute atomic E-state index is 0.833. The van der Waals surface area contributed by atoms with E-state index in [-0.39, 0.29) is 0 Å². The molecule has 0 aromatic heterocycles. The predicted molar refractivity (Wildman–Crippen MR) is 69.6 cm³/mol. The molecule has 0 bridgehead atoms. The van der Waals surface area contributed by atoms with Crippen molar-refractivity contribution in [2.45, 2.75) is 6.42 Å². The first kappa shape index (κ1) is 10.8. The van der Waals surface area contributed by atoms with Crippen molar-refractivity contribution >= 4 is 18.0 Å². The lowest BCUT2D eigenvalue weighted by atomic mass is 10.0. The summed E-state index contributed by atoms with van der Waals surface area (Å²) in [7, 11) is -1.35. The summed E-state index contributed by atoms with van der Waals surface area (Å²) >= 11 is 0. The Labute approximate surface area is 101 Å². The number of hydrogen-bond acceptors (Lipinski definition) is 2. The summed E-state index contributed by atoms with van der Waals surface area (Å²) in [6, 6.07) is 15.7. The molecule has 0 saturated carbocycles. The van der Waals surface area contributed by atoms with E-state index in [0.717, 1.165) is 28.2 Å². The quantitative estimate of drug-likeness (QED) is 0.720. The highest BCUT2D eigenvalue weighted by Crippen LogP contribution is 2.48. The average molecular weight is 244 g/mol. The van der Waals surface area contributed by atoms with E-state index in [9.17, 15) is 4.57 Å². The van der Waals surface area contributed by atoms with Crippen molar-refractivity contribution in [2.75, 3.05) is 7.11 Å². The normalized spacial score (nSPS) is 16.1. The maximum Gasteiger partial charge on any atom is 0.261 e. The molecule has 0 amide bonds. The number of rotatable bonds is 1. The van der Waals surface area contributed by atoms with Gasteiger partial charge < -0.3 is 4.52 Å². The molecule has 0 unspecified atom stereocenters. The largest absolute Gasteiger partial charge is 0.325 e. The molecule has 3 rings (SSSR count). The van der Waals surface area contributed by atoms with Gasteiger partial charge in [-0.05, 0) is 29.7 Å². The van der Waals surface area contributed by atoms with Crippen LogP contribution in [0.3, 0.4) is 0 Å². The van der Waals surface area contributed by atoms with Crippen molar-refractivity contribution in [3.8, 4) is 0 Å². The molecule has 0 atom stereocenters. The monoisotopic (exact) mass is 244 g/mol. The van der Waals surface area contributed by atoms with Crippen molar-refractivity contribution < 1.29 is 9.09 Å². The van der Waals surface area contributed by atoms with Gasteiger partial charge in [0, 0.05) is 17.7 Å². The van der Waals surface area contributed by atoms with Crippen LogP contribution in [0.1, 0.15) is 11.1 Å².